The number of rotatable bonds is 3. The van der Waals surface area contributed by atoms with Gasteiger partial charge in [-0.15, -0.1) is 0 Å². The van der Waals surface area contributed by atoms with Crippen molar-refractivity contribution in [3.05, 3.63) is 26.7 Å². The summed E-state index contributed by atoms with van der Waals surface area (Å²) in [6.45, 7) is 1.53. The van der Waals surface area contributed by atoms with Crippen LogP contribution in [0.15, 0.2) is 10.5 Å². The first-order valence-corrected chi connectivity index (χ1v) is 8.06. The molecule has 0 saturated carbocycles. The zero-order chi connectivity index (χ0) is 14.2. The van der Waals surface area contributed by atoms with Crippen LogP contribution in [0.2, 0.25) is 14.6 Å². The fourth-order valence-corrected chi connectivity index (χ4v) is 4.29. The molecule has 0 aliphatic rings. The molecule has 2 rings (SSSR count). The van der Waals surface area contributed by atoms with Gasteiger partial charge >= 0.3 is 0 Å². The van der Waals surface area contributed by atoms with Gasteiger partial charge in [0.15, 0.2) is 19.6 Å². The molecule has 102 valence electrons. The fraction of sp³-hybridized carbons (Fsp3) is 0.125. The van der Waals surface area contributed by atoms with Crippen molar-refractivity contribution < 1.29 is 8.42 Å². The standard InChI is InChI=1S/C8H5Cl3N4O2S2/c1-3-7(18-8(11)14-3)19(16,17)15-6-4(9)5(10)12-2-13-6/h2H,1H3,(H,12,13,15). The average molecular weight is 360 g/mol. The summed E-state index contributed by atoms with van der Waals surface area (Å²) in [6, 6.07) is 0. The first-order valence-electron chi connectivity index (χ1n) is 4.63. The van der Waals surface area contributed by atoms with Crippen LogP contribution in [0.1, 0.15) is 5.69 Å². The minimum atomic E-state index is -3.87. The van der Waals surface area contributed by atoms with E-state index in [-0.39, 0.29) is 24.7 Å². The van der Waals surface area contributed by atoms with E-state index in [1.54, 1.807) is 0 Å². The van der Waals surface area contributed by atoms with Gasteiger partial charge in [0.2, 0.25) is 0 Å². The molecule has 0 amide bonds. The SMILES string of the molecule is Cc1nc(Cl)sc1S(=O)(=O)Nc1ncnc(Cl)c1Cl. The molecule has 0 aliphatic heterocycles. The number of hydrogen-bond donors (Lipinski definition) is 1. The van der Waals surface area contributed by atoms with Gasteiger partial charge in [0.1, 0.15) is 11.3 Å². The van der Waals surface area contributed by atoms with Gasteiger partial charge < -0.3 is 0 Å². The highest BCUT2D eigenvalue weighted by atomic mass is 35.5. The van der Waals surface area contributed by atoms with Crippen molar-refractivity contribution in [1.29, 1.82) is 0 Å². The number of anilines is 1. The molecule has 2 aromatic rings. The maximum absolute atomic E-state index is 12.1. The van der Waals surface area contributed by atoms with E-state index in [0.29, 0.717) is 5.69 Å². The van der Waals surface area contributed by atoms with Gasteiger partial charge in [-0.05, 0) is 6.92 Å². The van der Waals surface area contributed by atoms with E-state index in [9.17, 15) is 8.42 Å². The van der Waals surface area contributed by atoms with Crippen LogP contribution in [-0.4, -0.2) is 23.4 Å². The molecule has 0 aliphatic carbocycles. The minimum Gasteiger partial charge on any atom is -0.261 e. The highest BCUT2D eigenvalue weighted by Crippen LogP contribution is 2.31. The Bertz CT molecular complexity index is 732. The Hall–Kier alpha value is -0.670. The molecule has 11 heteroatoms. The molecule has 0 spiro atoms. The third-order valence-corrected chi connectivity index (χ3v) is 5.90. The van der Waals surface area contributed by atoms with Crippen molar-refractivity contribution >= 4 is 62.0 Å². The van der Waals surface area contributed by atoms with E-state index in [1.807, 2.05) is 0 Å². The molecule has 1 N–H and O–H groups in total. The first kappa shape index (κ1) is 14.7. The second-order valence-electron chi connectivity index (χ2n) is 3.27. The van der Waals surface area contributed by atoms with E-state index in [1.165, 1.54) is 6.92 Å². The Morgan fingerprint density at radius 3 is 2.53 bits per heavy atom. The third kappa shape index (κ3) is 3.09. The van der Waals surface area contributed by atoms with Crippen molar-refractivity contribution in [2.75, 3.05) is 4.72 Å². The second-order valence-corrected chi connectivity index (χ2v) is 7.47. The van der Waals surface area contributed by atoms with E-state index in [2.05, 4.69) is 19.7 Å². The van der Waals surface area contributed by atoms with E-state index < -0.39 is 10.0 Å². The summed E-state index contributed by atoms with van der Waals surface area (Å²) in [7, 11) is -3.87. The summed E-state index contributed by atoms with van der Waals surface area (Å²) in [5.74, 6) is -0.106. The molecule has 6 nitrogen and oxygen atoms in total. The smallest absolute Gasteiger partial charge is 0.261 e. The Balaban J connectivity index is 2.42. The first-order chi connectivity index (χ1) is 8.81. The van der Waals surface area contributed by atoms with Crippen LogP contribution in [0.5, 0.6) is 0 Å². The Kier molecular flexibility index (Phi) is 4.17. The molecule has 2 aromatic heterocycles. The molecule has 0 bridgehead atoms. The number of nitrogens with one attached hydrogen (secondary N) is 1. The van der Waals surface area contributed by atoms with Crippen molar-refractivity contribution in [3.8, 4) is 0 Å². The number of aromatic nitrogens is 3. The van der Waals surface area contributed by atoms with Gasteiger partial charge in [-0.1, -0.05) is 46.1 Å². The van der Waals surface area contributed by atoms with Crippen molar-refractivity contribution in [1.82, 2.24) is 15.0 Å². The predicted molar refractivity (Wildman–Crippen MR) is 74.7 cm³/mol. The quantitative estimate of drug-likeness (QED) is 0.852. The molecule has 0 fully saturated rings. The van der Waals surface area contributed by atoms with Gasteiger partial charge in [-0.25, -0.2) is 23.4 Å². The Morgan fingerprint density at radius 1 is 1.26 bits per heavy atom. The lowest BCUT2D eigenvalue weighted by atomic mass is 10.6. The molecule has 0 radical (unpaired) electrons. The predicted octanol–water partition coefficient (Wildman–Crippen LogP) is 3.00. The maximum Gasteiger partial charge on any atom is 0.274 e. The lowest BCUT2D eigenvalue weighted by Crippen LogP contribution is -2.14. The van der Waals surface area contributed by atoms with Crippen LogP contribution in [0.25, 0.3) is 0 Å². The van der Waals surface area contributed by atoms with Crippen molar-refractivity contribution in [3.63, 3.8) is 0 Å². The molecule has 0 aromatic carbocycles. The normalized spacial score (nSPS) is 11.6. The summed E-state index contributed by atoms with van der Waals surface area (Å²) >= 11 is 18.0. The summed E-state index contributed by atoms with van der Waals surface area (Å²) in [6.07, 6.45) is 1.10. The Labute approximate surface area is 127 Å². The van der Waals surface area contributed by atoms with Crippen molar-refractivity contribution in [2.45, 2.75) is 11.1 Å². The van der Waals surface area contributed by atoms with Crippen LogP contribution in [0.3, 0.4) is 0 Å². The van der Waals surface area contributed by atoms with Crippen LogP contribution < -0.4 is 4.72 Å². The summed E-state index contributed by atoms with van der Waals surface area (Å²) in [5.41, 5.74) is 0.291. The number of nitrogens with zero attached hydrogens (tertiary/aromatic N) is 3. The highest BCUT2D eigenvalue weighted by Gasteiger charge is 2.23. The molecule has 19 heavy (non-hydrogen) atoms. The highest BCUT2D eigenvalue weighted by molar-refractivity contribution is 7.94. The van der Waals surface area contributed by atoms with Gasteiger partial charge in [0, 0.05) is 0 Å². The van der Waals surface area contributed by atoms with Crippen LogP contribution >= 0.6 is 46.1 Å². The minimum absolute atomic E-state index is 0.0108. The van der Waals surface area contributed by atoms with Gasteiger partial charge in [-0.3, -0.25) is 4.72 Å². The number of hydrogen-bond acceptors (Lipinski definition) is 6. The van der Waals surface area contributed by atoms with E-state index >= 15 is 0 Å². The van der Waals surface area contributed by atoms with Crippen LogP contribution in [0.4, 0.5) is 5.82 Å². The molecular formula is C8H5Cl3N4O2S2. The monoisotopic (exact) mass is 358 g/mol. The fourth-order valence-electron chi connectivity index (χ4n) is 1.19. The Morgan fingerprint density at radius 2 is 1.95 bits per heavy atom. The molecular weight excluding hydrogens is 355 g/mol. The van der Waals surface area contributed by atoms with E-state index in [4.69, 9.17) is 34.8 Å². The summed E-state index contributed by atoms with van der Waals surface area (Å²) < 4.78 is 26.6. The molecule has 0 atom stereocenters. The van der Waals surface area contributed by atoms with Crippen LogP contribution in [-0.2, 0) is 10.0 Å². The average Bonchev–Trinajstić information content (AvgIpc) is 2.65. The van der Waals surface area contributed by atoms with Crippen molar-refractivity contribution in [2.24, 2.45) is 0 Å². The number of halogens is 3. The lowest BCUT2D eigenvalue weighted by Gasteiger charge is -2.07. The zero-order valence-corrected chi connectivity index (χ0v) is 13.1. The lowest BCUT2D eigenvalue weighted by molar-refractivity contribution is 0.602. The van der Waals surface area contributed by atoms with Gasteiger partial charge in [-0.2, -0.15) is 0 Å². The third-order valence-electron chi connectivity index (χ3n) is 1.95. The summed E-state index contributed by atoms with van der Waals surface area (Å²) in [5, 5.41) is -0.130. The number of aryl methyl sites for hydroxylation is 1. The zero-order valence-electron chi connectivity index (χ0n) is 9.19. The van der Waals surface area contributed by atoms with Gasteiger partial charge in [0.05, 0.1) is 5.69 Å². The molecule has 2 heterocycles. The van der Waals surface area contributed by atoms with Gasteiger partial charge in [0.25, 0.3) is 10.0 Å². The topological polar surface area (TPSA) is 84.8 Å². The second kappa shape index (κ2) is 5.37. The molecule has 0 saturated heterocycles. The molecule has 0 unspecified atom stereocenters. The van der Waals surface area contributed by atoms with E-state index in [0.717, 1.165) is 17.7 Å². The van der Waals surface area contributed by atoms with Crippen LogP contribution in [0, 0.1) is 6.92 Å². The largest absolute Gasteiger partial charge is 0.274 e. The summed E-state index contributed by atoms with van der Waals surface area (Å²) in [4.78, 5) is 11.2. The number of thiazole rings is 1. The number of sulfonamides is 1. The maximum atomic E-state index is 12.1.